The van der Waals surface area contributed by atoms with Crippen LogP contribution in [-0.2, 0) is 30.3 Å². The fraction of sp³-hybridized carbons (Fsp3) is 0.526. The predicted molar refractivity (Wildman–Crippen MR) is 182 cm³/mol. The van der Waals surface area contributed by atoms with Gasteiger partial charge >= 0.3 is 12.1 Å². The van der Waals surface area contributed by atoms with Crippen LogP contribution < -0.4 is 10.6 Å². The Morgan fingerprint density at radius 1 is 0.915 bits per heavy atom. The number of nitrogens with one attached hydrogen (secondary N) is 2. The fourth-order valence-corrected chi connectivity index (χ4v) is 5.33. The molecule has 9 heteroatoms. The van der Waals surface area contributed by atoms with E-state index in [1.54, 1.807) is 70.7 Å². The third kappa shape index (κ3) is 10.9. The number of terminal acetylenes is 1. The monoisotopic (exact) mass is 645 g/mol. The topological polar surface area (TPSA) is 114 Å². The van der Waals surface area contributed by atoms with E-state index in [2.05, 4.69) is 16.6 Å². The van der Waals surface area contributed by atoms with Gasteiger partial charge in [-0.15, -0.1) is 6.42 Å². The Hall–Kier alpha value is -4.32. The van der Waals surface area contributed by atoms with E-state index in [4.69, 9.17) is 15.9 Å². The van der Waals surface area contributed by atoms with Gasteiger partial charge in [0.25, 0.3) is 0 Å². The van der Waals surface area contributed by atoms with Gasteiger partial charge in [0.2, 0.25) is 11.8 Å². The number of rotatable bonds is 12. The van der Waals surface area contributed by atoms with Crippen molar-refractivity contribution >= 4 is 23.9 Å². The number of hydrogen-bond acceptors (Lipinski definition) is 6. The molecule has 9 nitrogen and oxygen atoms in total. The minimum Gasteiger partial charge on any atom is -0.458 e. The minimum atomic E-state index is -1.12. The van der Waals surface area contributed by atoms with Crippen LogP contribution in [0.15, 0.2) is 54.6 Å². The summed E-state index contributed by atoms with van der Waals surface area (Å²) in [7, 11) is 0. The molecule has 1 aliphatic rings. The highest BCUT2D eigenvalue weighted by atomic mass is 16.6. The molecule has 1 aliphatic carbocycles. The number of esters is 1. The van der Waals surface area contributed by atoms with Gasteiger partial charge in [-0.2, -0.15) is 0 Å². The maximum absolute atomic E-state index is 14.7. The number of carbonyl (C=O) groups excluding carboxylic acids is 4. The van der Waals surface area contributed by atoms with Crippen LogP contribution in [0.5, 0.6) is 0 Å². The zero-order valence-corrected chi connectivity index (χ0v) is 29.1. The number of ether oxygens (including phenoxy) is 2. The van der Waals surface area contributed by atoms with Gasteiger partial charge in [-0.25, -0.2) is 9.59 Å². The molecule has 4 unspecified atom stereocenters. The smallest absolute Gasteiger partial charge is 0.408 e. The van der Waals surface area contributed by atoms with Crippen molar-refractivity contribution in [2.45, 2.75) is 123 Å². The maximum atomic E-state index is 14.7. The summed E-state index contributed by atoms with van der Waals surface area (Å²) in [6.07, 6.45) is 7.97. The molecule has 4 atom stereocenters. The lowest BCUT2D eigenvalue weighted by Gasteiger charge is -2.44. The highest BCUT2D eigenvalue weighted by Crippen LogP contribution is 2.35. The standard InChI is InChI=1S/C38H51N3O6/c1-10-25(3)31(40-36(45)47-38(7,8)9)34(43)41(29-18-15-19-29)32(28-22-20-26(11-2)21-23-28)33(42)39-30(35(44)46-37(4,5)6)24-27-16-13-12-14-17-27/h2,12-14,16-17,20-23,25,29-32H,10,15,18-19,24H2,1,3-9H3,(H,39,42)(H,40,45). The van der Waals surface area contributed by atoms with Crippen LogP contribution in [0.4, 0.5) is 4.79 Å². The van der Waals surface area contributed by atoms with Crippen LogP contribution in [0.25, 0.3) is 0 Å². The molecule has 254 valence electrons. The van der Waals surface area contributed by atoms with E-state index >= 15 is 0 Å². The predicted octanol–water partition coefficient (Wildman–Crippen LogP) is 6.10. The molecule has 0 saturated heterocycles. The van der Waals surface area contributed by atoms with Gasteiger partial charge < -0.3 is 25.0 Å². The number of nitrogens with zero attached hydrogens (tertiary/aromatic N) is 1. The van der Waals surface area contributed by atoms with Crippen molar-refractivity contribution in [1.82, 2.24) is 15.5 Å². The molecule has 0 aromatic heterocycles. The van der Waals surface area contributed by atoms with Crippen LogP contribution in [-0.4, -0.2) is 58.1 Å². The van der Waals surface area contributed by atoms with Gasteiger partial charge in [0, 0.05) is 18.0 Å². The Kier molecular flexibility index (Phi) is 12.6. The number of alkyl carbamates (subject to hydrolysis) is 1. The average Bonchev–Trinajstić information content (AvgIpc) is 2.96. The van der Waals surface area contributed by atoms with Crippen LogP contribution in [0.1, 0.15) is 104 Å². The summed E-state index contributed by atoms with van der Waals surface area (Å²) in [4.78, 5) is 57.3. The van der Waals surface area contributed by atoms with Crippen LogP contribution >= 0.6 is 0 Å². The lowest BCUT2D eigenvalue weighted by molar-refractivity contribution is -0.159. The Labute approximate surface area is 280 Å². The van der Waals surface area contributed by atoms with Gasteiger partial charge in [-0.05, 0) is 90.0 Å². The average molecular weight is 646 g/mol. The highest BCUT2D eigenvalue weighted by Gasteiger charge is 2.44. The maximum Gasteiger partial charge on any atom is 0.408 e. The third-order valence-corrected chi connectivity index (χ3v) is 8.08. The Bertz CT molecular complexity index is 1410. The van der Waals surface area contributed by atoms with Gasteiger partial charge in [-0.3, -0.25) is 9.59 Å². The van der Waals surface area contributed by atoms with Crippen LogP contribution in [0.3, 0.4) is 0 Å². The molecular weight excluding hydrogens is 594 g/mol. The van der Waals surface area contributed by atoms with E-state index in [1.807, 2.05) is 44.2 Å². The molecule has 0 radical (unpaired) electrons. The highest BCUT2D eigenvalue weighted by molar-refractivity contribution is 5.94. The summed E-state index contributed by atoms with van der Waals surface area (Å²) in [6.45, 7) is 14.4. The molecular formula is C38H51N3O6. The largest absolute Gasteiger partial charge is 0.458 e. The Morgan fingerprint density at radius 3 is 2.00 bits per heavy atom. The van der Waals surface area contributed by atoms with Crippen molar-refractivity contribution in [1.29, 1.82) is 0 Å². The van der Waals surface area contributed by atoms with E-state index < -0.39 is 53.2 Å². The summed E-state index contributed by atoms with van der Waals surface area (Å²) in [6, 6.07) is 12.9. The third-order valence-electron chi connectivity index (χ3n) is 8.08. The zero-order valence-electron chi connectivity index (χ0n) is 29.1. The number of carbonyl (C=O) groups is 4. The first-order valence-corrected chi connectivity index (χ1v) is 16.5. The van der Waals surface area contributed by atoms with E-state index in [0.29, 0.717) is 30.4 Å². The molecule has 2 aromatic carbocycles. The summed E-state index contributed by atoms with van der Waals surface area (Å²) in [5.41, 5.74) is 0.436. The first kappa shape index (κ1) is 37.1. The van der Waals surface area contributed by atoms with Crippen molar-refractivity contribution in [3.63, 3.8) is 0 Å². The second-order valence-electron chi connectivity index (χ2n) is 14.3. The van der Waals surface area contributed by atoms with Gasteiger partial charge in [0.1, 0.15) is 29.3 Å². The number of amides is 3. The van der Waals surface area contributed by atoms with Crippen molar-refractivity contribution in [2.24, 2.45) is 5.92 Å². The van der Waals surface area contributed by atoms with Crippen molar-refractivity contribution < 1.29 is 28.7 Å². The zero-order chi connectivity index (χ0) is 34.9. The molecule has 0 heterocycles. The van der Waals surface area contributed by atoms with Crippen molar-refractivity contribution in [3.05, 3.63) is 71.3 Å². The molecule has 0 spiro atoms. The molecule has 47 heavy (non-hydrogen) atoms. The SMILES string of the molecule is C#Cc1ccc(C(C(=O)NC(Cc2ccccc2)C(=O)OC(C)(C)C)N(C(=O)C(NC(=O)OC(C)(C)C)C(C)CC)C2CCC2)cc1. The lowest BCUT2D eigenvalue weighted by Crippen LogP contribution is -2.60. The fourth-order valence-electron chi connectivity index (χ4n) is 5.33. The van der Waals surface area contributed by atoms with E-state index in [-0.39, 0.29) is 18.4 Å². The molecule has 0 aliphatic heterocycles. The summed E-state index contributed by atoms with van der Waals surface area (Å²) >= 11 is 0. The van der Waals surface area contributed by atoms with E-state index in [1.165, 1.54) is 0 Å². The number of hydrogen-bond donors (Lipinski definition) is 2. The molecule has 2 N–H and O–H groups in total. The van der Waals surface area contributed by atoms with Crippen LogP contribution in [0.2, 0.25) is 0 Å². The first-order valence-electron chi connectivity index (χ1n) is 16.5. The van der Waals surface area contributed by atoms with Gasteiger partial charge in [0.15, 0.2) is 0 Å². The Morgan fingerprint density at radius 2 is 1.51 bits per heavy atom. The summed E-state index contributed by atoms with van der Waals surface area (Å²) in [5.74, 6) is 0.813. The van der Waals surface area contributed by atoms with Crippen LogP contribution in [0, 0.1) is 18.3 Å². The van der Waals surface area contributed by atoms with E-state index in [0.717, 1.165) is 12.0 Å². The molecule has 1 saturated carbocycles. The second-order valence-corrected chi connectivity index (χ2v) is 14.3. The second kappa shape index (κ2) is 16.0. The molecule has 2 aromatic rings. The molecule has 1 fully saturated rings. The molecule has 3 amide bonds. The quantitative estimate of drug-likeness (QED) is 0.213. The Balaban J connectivity index is 2.09. The van der Waals surface area contributed by atoms with E-state index in [9.17, 15) is 19.2 Å². The number of benzene rings is 2. The van der Waals surface area contributed by atoms with Crippen molar-refractivity contribution in [2.75, 3.05) is 0 Å². The first-order chi connectivity index (χ1) is 22.0. The van der Waals surface area contributed by atoms with Crippen molar-refractivity contribution in [3.8, 4) is 12.3 Å². The normalized spacial score (nSPS) is 15.9. The molecule has 0 bridgehead atoms. The van der Waals surface area contributed by atoms with Gasteiger partial charge in [0.05, 0.1) is 0 Å². The minimum absolute atomic E-state index is 0.192. The summed E-state index contributed by atoms with van der Waals surface area (Å²) < 4.78 is 11.2. The summed E-state index contributed by atoms with van der Waals surface area (Å²) in [5, 5.41) is 5.75. The van der Waals surface area contributed by atoms with Gasteiger partial charge in [-0.1, -0.05) is 68.7 Å². The lowest BCUT2D eigenvalue weighted by atomic mass is 9.86. The molecule has 3 rings (SSSR count).